The fraction of sp³-hybridized carbons (Fsp3) is 0.938. The SMILES string of the molecule is CCC(C)NC(=NC)NCC(C)(C)N1CCCC(C)C1. The molecular formula is C16H34N4. The van der Waals surface area contributed by atoms with Crippen LogP contribution in [0, 0.1) is 5.92 Å². The molecular weight excluding hydrogens is 248 g/mol. The van der Waals surface area contributed by atoms with Crippen LogP contribution in [0.15, 0.2) is 4.99 Å². The monoisotopic (exact) mass is 282 g/mol. The van der Waals surface area contributed by atoms with E-state index in [9.17, 15) is 0 Å². The second-order valence-electron chi connectivity index (χ2n) is 6.89. The lowest BCUT2D eigenvalue weighted by Crippen LogP contribution is -2.56. The number of nitrogens with one attached hydrogen (secondary N) is 2. The van der Waals surface area contributed by atoms with Gasteiger partial charge in [-0.3, -0.25) is 9.89 Å². The molecule has 1 heterocycles. The minimum atomic E-state index is 0.168. The Bertz CT molecular complexity index is 312. The highest BCUT2D eigenvalue weighted by Gasteiger charge is 2.30. The van der Waals surface area contributed by atoms with E-state index in [-0.39, 0.29) is 5.54 Å². The molecule has 0 bridgehead atoms. The summed E-state index contributed by atoms with van der Waals surface area (Å²) in [6.07, 6.45) is 3.80. The van der Waals surface area contributed by atoms with Crippen molar-refractivity contribution < 1.29 is 0 Å². The van der Waals surface area contributed by atoms with E-state index in [0.717, 1.165) is 24.8 Å². The summed E-state index contributed by atoms with van der Waals surface area (Å²) in [6.45, 7) is 14.7. The average molecular weight is 282 g/mol. The first-order valence-electron chi connectivity index (χ1n) is 8.11. The number of rotatable bonds is 5. The highest BCUT2D eigenvalue weighted by Crippen LogP contribution is 2.23. The summed E-state index contributed by atoms with van der Waals surface area (Å²) in [5, 5.41) is 6.91. The summed E-state index contributed by atoms with van der Waals surface area (Å²) in [5.74, 6) is 1.73. The van der Waals surface area contributed by atoms with Crippen molar-refractivity contribution in [3.8, 4) is 0 Å². The highest BCUT2D eigenvalue weighted by atomic mass is 15.2. The number of likely N-dealkylation sites (tertiary alicyclic amines) is 1. The van der Waals surface area contributed by atoms with Gasteiger partial charge in [0.05, 0.1) is 0 Å². The lowest BCUT2D eigenvalue weighted by molar-refractivity contribution is 0.0739. The Morgan fingerprint density at radius 3 is 2.70 bits per heavy atom. The van der Waals surface area contributed by atoms with E-state index < -0.39 is 0 Å². The molecule has 2 unspecified atom stereocenters. The maximum absolute atomic E-state index is 4.32. The van der Waals surface area contributed by atoms with Gasteiger partial charge in [0.2, 0.25) is 0 Å². The van der Waals surface area contributed by atoms with Crippen LogP contribution in [0.5, 0.6) is 0 Å². The van der Waals surface area contributed by atoms with Crippen molar-refractivity contribution in [3.05, 3.63) is 0 Å². The third-order valence-electron chi connectivity index (χ3n) is 4.42. The Balaban J connectivity index is 2.48. The fourth-order valence-corrected chi connectivity index (χ4v) is 2.68. The first kappa shape index (κ1) is 17.3. The Morgan fingerprint density at radius 1 is 1.45 bits per heavy atom. The predicted molar refractivity (Wildman–Crippen MR) is 88.3 cm³/mol. The highest BCUT2D eigenvalue weighted by molar-refractivity contribution is 5.79. The molecule has 0 aliphatic carbocycles. The molecule has 2 N–H and O–H groups in total. The Morgan fingerprint density at radius 2 is 2.15 bits per heavy atom. The van der Waals surface area contributed by atoms with Crippen molar-refractivity contribution in [2.24, 2.45) is 10.9 Å². The van der Waals surface area contributed by atoms with Crippen LogP contribution in [-0.4, -0.2) is 49.1 Å². The van der Waals surface area contributed by atoms with E-state index in [1.165, 1.54) is 25.9 Å². The normalized spacial score (nSPS) is 23.5. The quantitative estimate of drug-likeness (QED) is 0.601. The van der Waals surface area contributed by atoms with Gasteiger partial charge < -0.3 is 10.6 Å². The van der Waals surface area contributed by atoms with Crippen LogP contribution >= 0.6 is 0 Å². The fourth-order valence-electron chi connectivity index (χ4n) is 2.68. The number of hydrogen-bond acceptors (Lipinski definition) is 2. The molecule has 4 heteroatoms. The lowest BCUT2D eigenvalue weighted by Gasteiger charge is -2.43. The second kappa shape index (κ2) is 7.87. The van der Waals surface area contributed by atoms with Crippen molar-refractivity contribution in [3.63, 3.8) is 0 Å². The van der Waals surface area contributed by atoms with Crippen molar-refractivity contribution in [1.82, 2.24) is 15.5 Å². The minimum Gasteiger partial charge on any atom is -0.355 e. The van der Waals surface area contributed by atoms with E-state index in [0.29, 0.717) is 6.04 Å². The molecule has 1 fully saturated rings. The van der Waals surface area contributed by atoms with Crippen LogP contribution in [0.2, 0.25) is 0 Å². The van der Waals surface area contributed by atoms with Gasteiger partial charge in [-0.05, 0) is 52.5 Å². The van der Waals surface area contributed by atoms with Gasteiger partial charge in [0.25, 0.3) is 0 Å². The summed E-state index contributed by atoms with van der Waals surface area (Å²) in [7, 11) is 1.84. The molecule has 0 saturated carbocycles. The van der Waals surface area contributed by atoms with Crippen molar-refractivity contribution >= 4 is 5.96 Å². The first-order chi connectivity index (χ1) is 9.39. The van der Waals surface area contributed by atoms with Crippen molar-refractivity contribution in [2.45, 2.75) is 65.5 Å². The number of hydrogen-bond donors (Lipinski definition) is 2. The van der Waals surface area contributed by atoms with E-state index in [4.69, 9.17) is 0 Å². The molecule has 1 saturated heterocycles. The summed E-state index contributed by atoms with van der Waals surface area (Å²) in [6, 6.07) is 0.458. The largest absolute Gasteiger partial charge is 0.355 e. The van der Waals surface area contributed by atoms with E-state index in [1.54, 1.807) is 0 Å². The third kappa shape index (κ3) is 5.31. The molecule has 1 rings (SSSR count). The zero-order valence-corrected chi connectivity index (χ0v) is 14.3. The van der Waals surface area contributed by atoms with Crippen LogP contribution in [0.1, 0.15) is 53.9 Å². The number of guanidine groups is 1. The van der Waals surface area contributed by atoms with E-state index in [2.05, 4.69) is 55.1 Å². The molecule has 118 valence electrons. The van der Waals surface area contributed by atoms with Crippen LogP contribution in [-0.2, 0) is 0 Å². The standard InChI is InChI=1S/C16H34N4/c1-7-14(3)19-15(17-6)18-12-16(4,5)20-10-8-9-13(2)11-20/h13-14H,7-12H2,1-6H3,(H2,17,18,19). The summed E-state index contributed by atoms with van der Waals surface area (Å²) >= 11 is 0. The van der Waals surface area contributed by atoms with Crippen LogP contribution < -0.4 is 10.6 Å². The van der Waals surface area contributed by atoms with Gasteiger partial charge in [0, 0.05) is 31.7 Å². The maximum atomic E-state index is 4.32. The lowest BCUT2D eigenvalue weighted by atomic mass is 9.93. The minimum absolute atomic E-state index is 0.168. The molecule has 4 nitrogen and oxygen atoms in total. The molecule has 20 heavy (non-hydrogen) atoms. The summed E-state index contributed by atoms with van der Waals surface area (Å²) in [5.41, 5.74) is 0.168. The van der Waals surface area contributed by atoms with Crippen molar-refractivity contribution in [1.29, 1.82) is 0 Å². The molecule has 0 aromatic heterocycles. The zero-order chi connectivity index (χ0) is 15.2. The van der Waals surface area contributed by atoms with Gasteiger partial charge in [-0.25, -0.2) is 0 Å². The van der Waals surface area contributed by atoms with Crippen LogP contribution in [0.4, 0.5) is 0 Å². The Labute approximate surface area is 125 Å². The molecule has 0 aromatic carbocycles. The van der Waals surface area contributed by atoms with Gasteiger partial charge >= 0.3 is 0 Å². The number of piperidine rings is 1. The topological polar surface area (TPSA) is 39.7 Å². The molecule has 0 aromatic rings. The smallest absolute Gasteiger partial charge is 0.191 e. The Hall–Kier alpha value is -0.770. The van der Waals surface area contributed by atoms with Crippen LogP contribution in [0.25, 0.3) is 0 Å². The van der Waals surface area contributed by atoms with E-state index >= 15 is 0 Å². The molecule has 2 atom stereocenters. The van der Waals surface area contributed by atoms with Gasteiger partial charge in [-0.1, -0.05) is 13.8 Å². The molecule has 1 aliphatic rings. The predicted octanol–water partition coefficient (Wildman–Crippen LogP) is 2.46. The zero-order valence-electron chi connectivity index (χ0n) is 14.3. The van der Waals surface area contributed by atoms with Gasteiger partial charge in [0.1, 0.15) is 0 Å². The number of aliphatic imine (C=N–C) groups is 1. The van der Waals surface area contributed by atoms with Gasteiger partial charge in [-0.15, -0.1) is 0 Å². The van der Waals surface area contributed by atoms with Crippen molar-refractivity contribution in [2.75, 3.05) is 26.7 Å². The number of nitrogens with zero attached hydrogens (tertiary/aromatic N) is 2. The average Bonchev–Trinajstić information content (AvgIpc) is 2.43. The summed E-state index contributed by atoms with van der Waals surface area (Å²) in [4.78, 5) is 6.93. The molecule has 1 aliphatic heterocycles. The maximum Gasteiger partial charge on any atom is 0.191 e. The van der Waals surface area contributed by atoms with Crippen LogP contribution in [0.3, 0.4) is 0 Å². The molecule has 0 spiro atoms. The third-order valence-corrected chi connectivity index (χ3v) is 4.42. The second-order valence-corrected chi connectivity index (χ2v) is 6.89. The first-order valence-corrected chi connectivity index (χ1v) is 8.11. The summed E-state index contributed by atoms with van der Waals surface area (Å²) < 4.78 is 0. The molecule has 0 radical (unpaired) electrons. The Kier molecular flexibility index (Phi) is 6.80. The molecule has 0 amide bonds. The van der Waals surface area contributed by atoms with E-state index in [1.807, 2.05) is 7.05 Å². The van der Waals surface area contributed by atoms with Gasteiger partial charge in [0.15, 0.2) is 5.96 Å². The van der Waals surface area contributed by atoms with Gasteiger partial charge in [-0.2, -0.15) is 0 Å².